The molecule has 0 aliphatic carbocycles. The van der Waals surface area contributed by atoms with Crippen molar-refractivity contribution in [1.82, 2.24) is 0 Å². The molecule has 0 spiro atoms. The molecule has 0 radical (unpaired) electrons. The van der Waals surface area contributed by atoms with Gasteiger partial charge in [-0.3, -0.25) is 0 Å². The van der Waals surface area contributed by atoms with Crippen molar-refractivity contribution >= 4 is 7.12 Å². The largest absolute Gasteiger partial charge is 0.480 e. The van der Waals surface area contributed by atoms with Crippen LogP contribution in [0.4, 0.5) is 0 Å². The summed E-state index contributed by atoms with van der Waals surface area (Å²) in [7, 11) is -1.28. The Labute approximate surface area is 43.6 Å². The van der Waals surface area contributed by atoms with E-state index < -0.39 is 7.12 Å². The first-order chi connectivity index (χ1) is 3.27. The fourth-order valence-electron chi connectivity index (χ4n) is 0.258. The van der Waals surface area contributed by atoms with Crippen molar-refractivity contribution < 1.29 is 10.0 Å². The Morgan fingerprint density at radius 2 is 2.14 bits per heavy atom. The SMILES string of the molecule is CC/C=C/B(O)O. The van der Waals surface area contributed by atoms with Crippen molar-refractivity contribution in [2.24, 2.45) is 0 Å². The third-order valence-corrected chi connectivity index (χ3v) is 0.544. The van der Waals surface area contributed by atoms with Gasteiger partial charge in [0.1, 0.15) is 0 Å². The van der Waals surface area contributed by atoms with Crippen LogP contribution in [0.2, 0.25) is 0 Å². The van der Waals surface area contributed by atoms with Gasteiger partial charge in [-0.15, -0.1) is 0 Å². The standard InChI is InChI=1S/C4H9BO2/c1-2-3-4-5(6)7/h3-4,6-7H,2H2,1H3/b4-3+. The van der Waals surface area contributed by atoms with Crippen LogP contribution in [-0.2, 0) is 0 Å². The molecule has 0 heterocycles. The lowest BCUT2D eigenvalue weighted by atomic mass is 9.92. The van der Waals surface area contributed by atoms with Crippen molar-refractivity contribution in [3.8, 4) is 0 Å². The van der Waals surface area contributed by atoms with Crippen molar-refractivity contribution in [2.45, 2.75) is 13.3 Å². The fourth-order valence-corrected chi connectivity index (χ4v) is 0.258. The molecular formula is C4H9BO2. The summed E-state index contributed by atoms with van der Waals surface area (Å²) in [6.45, 7) is 1.93. The third-order valence-electron chi connectivity index (χ3n) is 0.544. The Balaban J connectivity index is 3.08. The highest BCUT2D eigenvalue weighted by Gasteiger charge is 1.94. The number of rotatable bonds is 2. The average molecular weight is 99.9 g/mol. The molecule has 0 fully saturated rings. The summed E-state index contributed by atoms with van der Waals surface area (Å²) in [5, 5.41) is 16.3. The molecule has 0 aromatic heterocycles. The Kier molecular flexibility index (Phi) is 3.75. The summed E-state index contributed by atoms with van der Waals surface area (Å²) in [6.07, 6.45) is 2.54. The lowest BCUT2D eigenvalue weighted by Crippen LogP contribution is -2.05. The van der Waals surface area contributed by atoms with E-state index in [2.05, 4.69) is 0 Å². The highest BCUT2D eigenvalue weighted by molar-refractivity contribution is 6.47. The smallest absolute Gasteiger partial charge is 0.424 e. The molecule has 0 rings (SSSR count). The molecule has 3 heteroatoms. The van der Waals surface area contributed by atoms with Gasteiger partial charge in [-0.2, -0.15) is 0 Å². The van der Waals surface area contributed by atoms with E-state index in [0.29, 0.717) is 0 Å². The van der Waals surface area contributed by atoms with E-state index in [-0.39, 0.29) is 0 Å². The Morgan fingerprint density at radius 3 is 2.29 bits per heavy atom. The van der Waals surface area contributed by atoms with Gasteiger partial charge in [0.25, 0.3) is 0 Å². The van der Waals surface area contributed by atoms with Crippen LogP contribution in [0.1, 0.15) is 13.3 Å². The zero-order valence-corrected chi connectivity index (χ0v) is 4.33. The van der Waals surface area contributed by atoms with E-state index in [4.69, 9.17) is 10.0 Å². The molecule has 7 heavy (non-hydrogen) atoms. The summed E-state index contributed by atoms with van der Waals surface area (Å²) in [6, 6.07) is 0. The Hall–Kier alpha value is -0.275. The monoisotopic (exact) mass is 100 g/mol. The van der Waals surface area contributed by atoms with E-state index >= 15 is 0 Å². The van der Waals surface area contributed by atoms with Crippen molar-refractivity contribution in [3.05, 3.63) is 12.1 Å². The van der Waals surface area contributed by atoms with Crippen molar-refractivity contribution in [3.63, 3.8) is 0 Å². The first kappa shape index (κ1) is 6.72. The summed E-state index contributed by atoms with van der Waals surface area (Å²) in [4.78, 5) is 0. The minimum atomic E-state index is -1.28. The molecule has 0 saturated heterocycles. The molecule has 0 aliphatic rings. The molecule has 0 aliphatic heterocycles. The van der Waals surface area contributed by atoms with Gasteiger partial charge in [-0.05, 0) is 6.42 Å². The quantitative estimate of drug-likeness (QED) is 0.478. The van der Waals surface area contributed by atoms with Crippen molar-refractivity contribution in [2.75, 3.05) is 0 Å². The minimum Gasteiger partial charge on any atom is -0.424 e. The summed E-state index contributed by atoms with van der Waals surface area (Å²) in [5.41, 5.74) is 0. The predicted octanol–water partition coefficient (Wildman–Crippen LogP) is -0.0354. The van der Waals surface area contributed by atoms with Crippen LogP contribution in [0.5, 0.6) is 0 Å². The lowest BCUT2D eigenvalue weighted by molar-refractivity contribution is 0.424. The second-order valence-electron chi connectivity index (χ2n) is 1.25. The van der Waals surface area contributed by atoms with Crippen LogP contribution in [-0.4, -0.2) is 17.2 Å². The molecule has 0 amide bonds. The normalized spacial score (nSPS) is 10.1. The second-order valence-corrected chi connectivity index (χ2v) is 1.25. The molecule has 0 atom stereocenters. The van der Waals surface area contributed by atoms with Gasteiger partial charge in [0.05, 0.1) is 0 Å². The Morgan fingerprint density at radius 1 is 1.57 bits per heavy atom. The van der Waals surface area contributed by atoms with Gasteiger partial charge in [0.2, 0.25) is 0 Å². The van der Waals surface area contributed by atoms with Gasteiger partial charge in [-0.1, -0.05) is 19.0 Å². The van der Waals surface area contributed by atoms with Crippen LogP contribution >= 0.6 is 0 Å². The van der Waals surface area contributed by atoms with Gasteiger partial charge >= 0.3 is 7.12 Å². The minimum absolute atomic E-state index is 0.845. The summed E-state index contributed by atoms with van der Waals surface area (Å²) in [5.74, 6) is 1.33. The predicted molar refractivity (Wildman–Crippen MR) is 29.6 cm³/mol. The maximum atomic E-state index is 8.15. The fraction of sp³-hybridized carbons (Fsp3) is 0.500. The molecule has 2 N–H and O–H groups in total. The van der Waals surface area contributed by atoms with E-state index in [1.54, 1.807) is 6.08 Å². The van der Waals surface area contributed by atoms with E-state index in [0.717, 1.165) is 6.42 Å². The zero-order chi connectivity index (χ0) is 5.70. The molecule has 0 unspecified atom stereocenters. The topological polar surface area (TPSA) is 40.5 Å². The van der Waals surface area contributed by atoms with Crippen LogP contribution in [0, 0.1) is 0 Å². The molecule has 0 aromatic carbocycles. The summed E-state index contributed by atoms with van der Waals surface area (Å²) >= 11 is 0. The number of hydrogen-bond donors (Lipinski definition) is 2. The zero-order valence-electron chi connectivity index (χ0n) is 4.33. The number of hydrogen-bond acceptors (Lipinski definition) is 2. The molecule has 0 saturated carbocycles. The maximum absolute atomic E-state index is 8.15. The van der Waals surface area contributed by atoms with E-state index in [1.165, 1.54) is 5.98 Å². The van der Waals surface area contributed by atoms with Gasteiger partial charge in [0, 0.05) is 0 Å². The highest BCUT2D eigenvalue weighted by atomic mass is 16.4. The molecule has 2 nitrogen and oxygen atoms in total. The van der Waals surface area contributed by atoms with Crippen molar-refractivity contribution in [1.29, 1.82) is 0 Å². The van der Waals surface area contributed by atoms with E-state index in [1.807, 2.05) is 6.92 Å². The maximum Gasteiger partial charge on any atom is 0.480 e. The highest BCUT2D eigenvalue weighted by Crippen LogP contribution is 1.78. The third kappa shape index (κ3) is 5.72. The molecular weight excluding hydrogens is 90.9 g/mol. The van der Waals surface area contributed by atoms with Gasteiger partial charge in [-0.25, -0.2) is 0 Å². The summed E-state index contributed by atoms with van der Waals surface area (Å²) < 4.78 is 0. The van der Waals surface area contributed by atoms with Crippen LogP contribution < -0.4 is 0 Å². The molecule has 40 valence electrons. The first-order valence-electron chi connectivity index (χ1n) is 2.30. The molecule has 0 bridgehead atoms. The van der Waals surface area contributed by atoms with Gasteiger partial charge < -0.3 is 10.0 Å². The Bertz CT molecular complexity index is 60.7. The number of allylic oxidation sites excluding steroid dienone is 1. The first-order valence-corrected chi connectivity index (χ1v) is 2.30. The lowest BCUT2D eigenvalue weighted by Gasteiger charge is -1.81. The second kappa shape index (κ2) is 3.90. The van der Waals surface area contributed by atoms with Crippen LogP contribution in [0.15, 0.2) is 12.1 Å². The van der Waals surface area contributed by atoms with Gasteiger partial charge in [0.15, 0.2) is 0 Å². The van der Waals surface area contributed by atoms with E-state index in [9.17, 15) is 0 Å². The van der Waals surface area contributed by atoms with Crippen LogP contribution in [0.3, 0.4) is 0 Å². The molecule has 0 aromatic rings. The van der Waals surface area contributed by atoms with Crippen LogP contribution in [0.25, 0.3) is 0 Å². The average Bonchev–Trinajstić information content (AvgIpc) is 1.61.